The maximum absolute atomic E-state index is 10.1. The fourth-order valence-corrected chi connectivity index (χ4v) is 2.55. The lowest BCUT2D eigenvalue weighted by molar-refractivity contribution is 0.266. The van der Waals surface area contributed by atoms with Crippen LogP contribution in [0.5, 0.6) is 5.75 Å². The second-order valence-corrected chi connectivity index (χ2v) is 6.08. The molecule has 0 aliphatic carbocycles. The van der Waals surface area contributed by atoms with Crippen LogP contribution in [0.3, 0.4) is 0 Å². The van der Waals surface area contributed by atoms with Crippen molar-refractivity contribution in [2.75, 3.05) is 6.61 Å². The highest BCUT2D eigenvalue weighted by Crippen LogP contribution is 2.24. The maximum Gasteiger partial charge on any atom is 0.124 e. The number of aliphatic imine (C=N–C) groups is 1. The average molecular weight is 359 g/mol. The molecule has 5 heteroatoms. The van der Waals surface area contributed by atoms with Crippen LogP contribution in [0.1, 0.15) is 11.1 Å². The number of hydrogen-bond donors (Lipinski definition) is 2. The van der Waals surface area contributed by atoms with Crippen molar-refractivity contribution < 1.29 is 10.2 Å². The minimum Gasteiger partial charge on any atom is -0.507 e. The standard InChI is InChI=1S/C22H21N3O2/c26-16-21(13-17-7-3-1-4-8-17)23-15-18-14-20(11-12-22(18)27)25-24-19-9-5-2-6-10-19/h1-12,14-15,21,26-27H,13,16H2/t21-/m0/s1. The highest BCUT2D eigenvalue weighted by molar-refractivity contribution is 5.84. The molecule has 0 aliphatic heterocycles. The molecule has 0 unspecified atom stereocenters. The molecule has 0 spiro atoms. The molecular formula is C22H21N3O2. The number of nitrogens with zero attached hydrogens (tertiary/aromatic N) is 3. The van der Waals surface area contributed by atoms with Gasteiger partial charge in [-0.3, -0.25) is 4.99 Å². The number of phenolic OH excluding ortho intramolecular Hbond substituents is 1. The van der Waals surface area contributed by atoms with Crippen molar-refractivity contribution >= 4 is 17.6 Å². The first kappa shape index (κ1) is 18.5. The Morgan fingerprint density at radius 3 is 2.19 bits per heavy atom. The zero-order valence-electron chi connectivity index (χ0n) is 14.8. The molecule has 136 valence electrons. The van der Waals surface area contributed by atoms with E-state index in [0.29, 0.717) is 17.7 Å². The summed E-state index contributed by atoms with van der Waals surface area (Å²) in [7, 11) is 0. The van der Waals surface area contributed by atoms with Gasteiger partial charge >= 0.3 is 0 Å². The molecule has 27 heavy (non-hydrogen) atoms. The topological polar surface area (TPSA) is 77.5 Å². The molecule has 0 fully saturated rings. The predicted molar refractivity (Wildman–Crippen MR) is 107 cm³/mol. The Hall–Kier alpha value is -3.31. The lowest BCUT2D eigenvalue weighted by atomic mass is 10.1. The van der Waals surface area contributed by atoms with Gasteiger partial charge in [-0.1, -0.05) is 48.5 Å². The first-order valence-corrected chi connectivity index (χ1v) is 8.72. The van der Waals surface area contributed by atoms with Gasteiger partial charge in [0.15, 0.2) is 0 Å². The van der Waals surface area contributed by atoms with E-state index in [-0.39, 0.29) is 18.4 Å². The number of rotatable bonds is 7. The molecule has 0 aliphatic rings. The highest BCUT2D eigenvalue weighted by atomic mass is 16.3. The van der Waals surface area contributed by atoms with Gasteiger partial charge in [0, 0.05) is 11.8 Å². The van der Waals surface area contributed by atoms with Crippen LogP contribution in [-0.2, 0) is 6.42 Å². The summed E-state index contributed by atoms with van der Waals surface area (Å²) in [5, 5.41) is 28.0. The van der Waals surface area contributed by atoms with Crippen LogP contribution < -0.4 is 0 Å². The molecule has 0 aromatic heterocycles. The highest BCUT2D eigenvalue weighted by Gasteiger charge is 2.07. The minimum absolute atomic E-state index is 0.0699. The lowest BCUT2D eigenvalue weighted by Crippen LogP contribution is -2.14. The third-order valence-corrected chi connectivity index (χ3v) is 4.00. The second-order valence-electron chi connectivity index (χ2n) is 6.08. The van der Waals surface area contributed by atoms with Crippen molar-refractivity contribution in [3.8, 4) is 5.75 Å². The molecule has 3 aromatic carbocycles. The summed E-state index contributed by atoms with van der Waals surface area (Å²) in [6.45, 7) is -0.0699. The van der Waals surface area contributed by atoms with E-state index in [9.17, 15) is 10.2 Å². The van der Waals surface area contributed by atoms with Crippen molar-refractivity contribution in [2.24, 2.45) is 15.2 Å². The summed E-state index contributed by atoms with van der Waals surface area (Å²) >= 11 is 0. The number of aromatic hydroxyl groups is 1. The number of benzene rings is 3. The minimum atomic E-state index is -0.276. The SMILES string of the molecule is OC[C@H](Cc1ccccc1)N=Cc1cc(N=Nc2ccccc2)ccc1O. The molecule has 2 N–H and O–H groups in total. The van der Waals surface area contributed by atoms with Crippen LogP contribution in [0.15, 0.2) is 94.1 Å². The monoisotopic (exact) mass is 359 g/mol. The summed E-state index contributed by atoms with van der Waals surface area (Å²) in [5.41, 5.74) is 3.00. The molecule has 0 bridgehead atoms. The smallest absolute Gasteiger partial charge is 0.124 e. The molecule has 0 radical (unpaired) electrons. The number of hydrogen-bond acceptors (Lipinski definition) is 5. The molecule has 3 rings (SSSR count). The Labute approximate surface area is 158 Å². The van der Waals surface area contributed by atoms with E-state index in [4.69, 9.17) is 0 Å². The fraction of sp³-hybridized carbons (Fsp3) is 0.136. The molecular weight excluding hydrogens is 338 g/mol. The van der Waals surface area contributed by atoms with Gasteiger partial charge in [-0.25, -0.2) is 0 Å². The van der Waals surface area contributed by atoms with Crippen LogP contribution >= 0.6 is 0 Å². The molecule has 0 heterocycles. The quantitative estimate of drug-likeness (QED) is 0.468. The summed E-state index contributed by atoms with van der Waals surface area (Å²) in [6.07, 6.45) is 2.20. The molecule has 0 saturated heterocycles. The van der Waals surface area contributed by atoms with E-state index in [2.05, 4.69) is 15.2 Å². The van der Waals surface area contributed by atoms with Crippen LogP contribution in [-0.4, -0.2) is 29.1 Å². The first-order valence-electron chi connectivity index (χ1n) is 8.72. The summed E-state index contributed by atoms with van der Waals surface area (Å²) in [4.78, 5) is 4.42. The van der Waals surface area contributed by atoms with E-state index in [1.54, 1.807) is 24.4 Å². The van der Waals surface area contributed by atoms with Crippen molar-refractivity contribution in [3.05, 3.63) is 90.0 Å². The van der Waals surface area contributed by atoms with Gasteiger partial charge in [0.2, 0.25) is 0 Å². The zero-order valence-corrected chi connectivity index (χ0v) is 14.8. The fourth-order valence-electron chi connectivity index (χ4n) is 2.55. The summed E-state index contributed by atoms with van der Waals surface area (Å²) in [5.74, 6) is 0.105. The Balaban J connectivity index is 1.73. The maximum atomic E-state index is 10.1. The molecule has 0 amide bonds. The number of aliphatic hydroxyl groups excluding tert-OH is 1. The number of phenols is 1. The first-order chi connectivity index (χ1) is 13.2. The van der Waals surface area contributed by atoms with Crippen LogP contribution in [0, 0.1) is 0 Å². The van der Waals surface area contributed by atoms with Crippen LogP contribution in [0.4, 0.5) is 11.4 Å². The second kappa shape index (κ2) is 9.40. The van der Waals surface area contributed by atoms with E-state index in [0.717, 1.165) is 11.3 Å². The zero-order chi connectivity index (χ0) is 18.9. The van der Waals surface area contributed by atoms with Crippen molar-refractivity contribution in [1.29, 1.82) is 0 Å². The van der Waals surface area contributed by atoms with Gasteiger partial charge in [-0.15, -0.1) is 0 Å². The van der Waals surface area contributed by atoms with Crippen molar-refractivity contribution in [3.63, 3.8) is 0 Å². The molecule has 1 atom stereocenters. The molecule has 0 saturated carbocycles. The Bertz CT molecular complexity index is 909. The normalized spacial score (nSPS) is 12.6. The van der Waals surface area contributed by atoms with Crippen molar-refractivity contribution in [2.45, 2.75) is 12.5 Å². The van der Waals surface area contributed by atoms with Gasteiger partial charge in [-0.05, 0) is 42.3 Å². The summed E-state index contributed by atoms with van der Waals surface area (Å²) < 4.78 is 0. The number of azo groups is 1. The summed E-state index contributed by atoms with van der Waals surface area (Å²) in [6, 6.07) is 24.0. The van der Waals surface area contributed by atoms with Crippen LogP contribution in [0.2, 0.25) is 0 Å². The molecule has 5 nitrogen and oxygen atoms in total. The predicted octanol–water partition coefficient (Wildman–Crippen LogP) is 4.83. The average Bonchev–Trinajstić information content (AvgIpc) is 2.72. The van der Waals surface area contributed by atoms with E-state index < -0.39 is 0 Å². The van der Waals surface area contributed by atoms with Crippen molar-refractivity contribution in [1.82, 2.24) is 0 Å². The lowest BCUT2D eigenvalue weighted by Gasteiger charge is -2.09. The van der Waals surface area contributed by atoms with Gasteiger partial charge in [0.25, 0.3) is 0 Å². The largest absolute Gasteiger partial charge is 0.507 e. The Kier molecular flexibility index (Phi) is 6.44. The van der Waals surface area contributed by atoms with Gasteiger partial charge < -0.3 is 10.2 Å². The van der Waals surface area contributed by atoms with E-state index >= 15 is 0 Å². The van der Waals surface area contributed by atoms with Crippen LogP contribution in [0.25, 0.3) is 0 Å². The number of aliphatic hydroxyl groups is 1. The van der Waals surface area contributed by atoms with E-state index in [1.807, 2.05) is 60.7 Å². The molecule has 3 aromatic rings. The third kappa shape index (κ3) is 5.59. The van der Waals surface area contributed by atoms with E-state index in [1.165, 1.54) is 0 Å². The van der Waals surface area contributed by atoms with Gasteiger partial charge in [0.05, 0.1) is 24.0 Å². The van der Waals surface area contributed by atoms with Gasteiger partial charge in [0.1, 0.15) is 5.75 Å². The Morgan fingerprint density at radius 1 is 0.815 bits per heavy atom. The van der Waals surface area contributed by atoms with Gasteiger partial charge in [-0.2, -0.15) is 10.2 Å². The third-order valence-electron chi connectivity index (χ3n) is 4.00. The Morgan fingerprint density at radius 2 is 1.48 bits per heavy atom.